The molecule has 1 aromatic heterocycles. The number of nitrogens with one attached hydrogen (secondary N) is 1. The number of carbonyl (C=O) groups is 1. The fraction of sp³-hybridized carbons (Fsp3) is 0.320. The van der Waals surface area contributed by atoms with Gasteiger partial charge in [-0.25, -0.2) is 4.68 Å². The van der Waals surface area contributed by atoms with Crippen molar-refractivity contribution in [2.45, 2.75) is 45.6 Å². The van der Waals surface area contributed by atoms with E-state index in [2.05, 4.69) is 5.32 Å². The van der Waals surface area contributed by atoms with Gasteiger partial charge in [0, 0.05) is 22.9 Å². The van der Waals surface area contributed by atoms with Crippen molar-refractivity contribution < 1.29 is 9.53 Å². The number of hydrogen-bond acceptors (Lipinski definition) is 4. The van der Waals surface area contributed by atoms with Crippen molar-refractivity contribution in [3.8, 4) is 17.0 Å². The molecule has 0 spiro atoms. The molecule has 6 heteroatoms. The highest BCUT2D eigenvalue weighted by molar-refractivity contribution is 5.93. The van der Waals surface area contributed by atoms with Crippen LogP contribution in [0.15, 0.2) is 53.3 Å². The summed E-state index contributed by atoms with van der Waals surface area (Å²) in [5.41, 5.74) is 5.19. The first kappa shape index (κ1) is 20.8. The van der Waals surface area contributed by atoms with Gasteiger partial charge in [-0.1, -0.05) is 35.9 Å². The quantitative estimate of drug-likeness (QED) is 0.672. The molecule has 0 bridgehead atoms. The first-order chi connectivity index (χ1) is 15.0. The van der Waals surface area contributed by atoms with Gasteiger partial charge in [0.25, 0.3) is 5.56 Å². The van der Waals surface area contributed by atoms with Crippen LogP contribution in [0, 0.1) is 6.92 Å². The van der Waals surface area contributed by atoms with Gasteiger partial charge in [0.1, 0.15) is 11.8 Å². The number of ether oxygens (including phenoxy) is 1. The van der Waals surface area contributed by atoms with Crippen LogP contribution in [0.4, 0.5) is 5.69 Å². The fourth-order valence-electron chi connectivity index (χ4n) is 4.02. The molecule has 0 radical (unpaired) electrons. The molecular weight excluding hydrogens is 390 g/mol. The van der Waals surface area contributed by atoms with Gasteiger partial charge >= 0.3 is 0 Å². The smallest absolute Gasteiger partial charge is 0.271 e. The molecule has 2 aromatic carbocycles. The van der Waals surface area contributed by atoms with Gasteiger partial charge in [0.2, 0.25) is 5.91 Å². The Morgan fingerprint density at radius 2 is 1.81 bits per heavy atom. The first-order valence-corrected chi connectivity index (χ1v) is 10.6. The largest absolute Gasteiger partial charge is 0.497 e. The van der Waals surface area contributed by atoms with Crippen molar-refractivity contribution >= 4 is 11.6 Å². The topological polar surface area (TPSA) is 73.2 Å². The number of methoxy groups -OCH3 is 1. The third-order valence-electron chi connectivity index (χ3n) is 5.84. The summed E-state index contributed by atoms with van der Waals surface area (Å²) in [5.74, 6) is 0.352. The average molecular weight is 418 g/mol. The number of amides is 1. The maximum absolute atomic E-state index is 13.3. The molecule has 1 amide bonds. The van der Waals surface area contributed by atoms with E-state index in [1.807, 2.05) is 37.3 Å². The summed E-state index contributed by atoms with van der Waals surface area (Å²) in [5, 5.41) is 7.57. The molecule has 31 heavy (non-hydrogen) atoms. The second-order valence-corrected chi connectivity index (χ2v) is 8.03. The van der Waals surface area contributed by atoms with E-state index in [4.69, 9.17) is 9.84 Å². The van der Waals surface area contributed by atoms with E-state index in [1.165, 1.54) is 4.68 Å². The highest BCUT2D eigenvalue weighted by atomic mass is 16.5. The molecule has 1 N–H and O–H groups in total. The zero-order valence-electron chi connectivity index (χ0n) is 18.1. The maximum Gasteiger partial charge on any atom is 0.271 e. The Morgan fingerprint density at radius 3 is 2.52 bits per heavy atom. The van der Waals surface area contributed by atoms with E-state index in [0.717, 1.165) is 53.6 Å². The molecule has 0 fully saturated rings. The Bertz CT molecular complexity index is 1170. The normalized spacial score (nSPS) is 13.9. The van der Waals surface area contributed by atoms with Crippen LogP contribution >= 0.6 is 0 Å². The van der Waals surface area contributed by atoms with Crippen molar-refractivity contribution in [3.63, 3.8) is 0 Å². The summed E-state index contributed by atoms with van der Waals surface area (Å²) < 4.78 is 6.56. The SMILES string of the molecule is COc1cccc(NC(=O)[C@@H](C)n2nc(-c3ccc(C)cc3)c3c(c2=O)CCCC3)c1. The number of anilines is 1. The molecule has 4 rings (SSSR count). The molecule has 1 heterocycles. The van der Waals surface area contributed by atoms with Crippen molar-refractivity contribution in [2.24, 2.45) is 0 Å². The van der Waals surface area contributed by atoms with Crippen LogP contribution in [0.5, 0.6) is 5.75 Å². The van der Waals surface area contributed by atoms with Crippen LogP contribution in [-0.2, 0) is 17.6 Å². The molecule has 1 aliphatic rings. The maximum atomic E-state index is 13.3. The Hall–Kier alpha value is -3.41. The van der Waals surface area contributed by atoms with Gasteiger partial charge < -0.3 is 10.1 Å². The van der Waals surface area contributed by atoms with E-state index >= 15 is 0 Å². The minimum absolute atomic E-state index is 0.168. The Kier molecular flexibility index (Phi) is 5.89. The van der Waals surface area contributed by atoms with E-state index in [-0.39, 0.29) is 11.5 Å². The Labute approximate surface area is 181 Å². The molecule has 0 unspecified atom stereocenters. The predicted molar refractivity (Wildman–Crippen MR) is 122 cm³/mol. The second kappa shape index (κ2) is 8.76. The third kappa shape index (κ3) is 4.24. The summed E-state index contributed by atoms with van der Waals surface area (Å²) in [6.07, 6.45) is 3.58. The summed E-state index contributed by atoms with van der Waals surface area (Å²) in [7, 11) is 1.58. The summed E-state index contributed by atoms with van der Waals surface area (Å²) >= 11 is 0. The Morgan fingerprint density at radius 1 is 1.10 bits per heavy atom. The molecule has 0 aliphatic heterocycles. The molecule has 3 aromatic rings. The monoisotopic (exact) mass is 417 g/mol. The highest BCUT2D eigenvalue weighted by Gasteiger charge is 2.25. The zero-order valence-corrected chi connectivity index (χ0v) is 18.1. The van der Waals surface area contributed by atoms with Gasteiger partial charge in [0.15, 0.2) is 0 Å². The standard InChI is InChI=1S/C25H27N3O3/c1-16-11-13-18(14-12-16)23-21-9-4-5-10-22(21)25(30)28(27-23)17(2)24(29)26-19-7-6-8-20(15-19)31-3/h6-8,11-15,17H,4-5,9-10H2,1-3H3,(H,26,29)/t17-/m1/s1. The second-order valence-electron chi connectivity index (χ2n) is 8.03. The van der Waals surface area contributed by atoms with Crippen LogP contribution in [0.1, 0.15) is 42.5 Å². The fourth-order valence-corrected chi connectivity index (χ4v) is 4.02. The van der Waals surface area contributed by atoms with Crippen LogP contribution < -0.4 is 15.6 Å². The Balaban J connectivity index is 1.73. The number of rotatable bonds is 5. The molecular formula is C25H27N3O3. The van der Waals surface area contributed by atoms with Crippen LogP contribution in [0.3, 0.4) is 0 Å². The van der Waals surface area contributed by atoms with Crippen LogP contribution in [0.2, 0.25) is 0 Å². The zero-order chi connectivity index (χ0) is 22.0. The van der Waals surface area contributed by atoms with Crippen molar-refractivity contribution in [3.05, 3.63) is 75.6 Å². The van der Waals surface area contributed by atoms with Gasteiger partial charge in [-0.15, -0.1) is 0 Å². The van der Waals surface area contributed by atoms with E-state index < -0.39 is 6.04 Å². The number of nitrogens with zero attached hydrogens (tertiary/aromatic N) is 2. The molecule has 1 aliphatic carbocycles. The lowest BCUT2D eigenvalue weighted by Gasteiger charge is -2.22. The lowest BCUT2D eigenvalue weighted by molar-refractivity contribution is -0.119. The molecule has 0 saturated heterocycles. The lowest BCUT2D eigenvalue weighted by Crippen LogP contribution is -2.37. The number of aryl methyl sites for hydroxylation is 1. The number of aromatic nitrogens is 2. The molecule has 160 valence electrons. The summed E-state index contributed by atoms with van der Waals surface area (Å²) in [6, 6.07) is 14.5. The number of hydrogen-bond donors (Lipinski definition) is 1. The van der Waals surface area contributed by atoms with Crippen molar-refractivity contribution in [2.75, 3.05) is 12.4 Å². The van der Waals surface area contributed by atoms with E-state index in [1.54, 1.807) is 32.2 Å². The number of carbonyl (C=O) groups excluding carboxylic acids is 1. The van der Waals surface area contributed by atoms with Crippen molar-refractivity contribution in [1.29, 1.82) is 0 Å². The third-order valence-corrected chi connectivity index (χ3v) is 5.84. The van der Waals surface area contributed by atoms with E-state index in [0.29, 0.717) is 11.4 Å². The molecule has 0 saturated carbocycles. The van der Waals surface area contributed by atoms with Gasteiger partial charge in [-0.2, -0.15) is 5.10 Å². The van der Waals surface area contributed by atoms with Gasteiger partial charge in [-0.3, -0.25) is 9.59 Å². The lowest BCUT2D eigenvalue weighted by atomic mass is 9.89. The molecule has 6 nitrogen and oxygen atoms in total. The number of benzene rings is 2. The van der Waals surface area contributed by atoms with Gasteiger partial charge in [0.05, 0.1) is 12.8 Å². The highest BCUT2D eigenvalue weighted by Crippen LogP contribution is 2.29. The average Bonchev–Trinajstić information content (AvgIpc) is 2.80. The summed E-state index contributed by atoms with van der Waals surface area (Å²) in [4.78, 5) is 26.2. The molecule has 1 atom stereocenters. The van der Waals surface area contributed by atoms with Gasteiger partial charge in [-0.05, 0) is 57.2 Å². The number of fused-ring (bicyclic) bond motifs is 1. The minimum atomic E-state index is -0.755. The minimum Gasteiger partial charge on any atom is -0.497 e. The van der Waals surface area contributed by atoms with E-state index in [9.17, 15) is 9.59 Å². The van der Waals surface area contributed by atoms with Crippen LogP contribution in [-0.4, -0.2) is 22.8 Å². The predicted octanol–water partition coefficient (Wildman–Crippen LogP) is 4.31. The van der Waals surface area contributed by atoms with Crippen LogP contribution in [0.25, 0.3) is 11.3 Å². The van der Waals surface area contributed by atoms with Crippen molar-refractivity contribution in [1.82, 2.24) is 9.78 Å². The summed E-state index contributed by atoms with van der Waals surface area (Å²) in [6.45, 7) is 3.75. The first-order valence-electron chi connectivity index (χ1n) is 10.6.